The molecule has 7 heteroatoms. The summed E-state index contributed by atoms with van der Waals surface area (Å²) in [5.41, 5.74) is 0.256. The smallest absolute Gasteiger partial charge is 0.200 e. The van der Waals surface area contributed by atoms with Crippen molar-refractivity contribution in [3.63, 3.8) is 0 Å². The molecule has 0 radical (unpaired) electrons. The van der Waals surface area contributed by atoms with Crippen LogP contribution in [0.2, 0.25) is 0 Å². The van der Waals surface area contributed by atoms with Crippen LogP contribution in [0.5, 0.6) is 17.2 Å². The highest BCUT2D eigenvalue weighted by molar-refractivity contribution is 6.18. The van der Waals surface area contributed by atoms with Gasteiger partial charge in [-0.25, -0.2) is 0 Å². The van der Waals surface area contributed by atoms with Gasteiger partial charge in [0.1, 0.15) is 22.8 Å². The van der Waals surface area contributed by atoms with Gasteiger partial charge in [0.25, 0.3) is 0 Å². The Balaban J connectivity index is 1.52. The Morgan fingerprint density at radius 3 is 2.50 bits per heavy atom. The maximum atomic E-state index is 14.3. The minimum atomic E-state index is -1.31. The van der Waals surface area contributed by atoms with Crippen LogP contribution >= 0.6 is 0 Å². The van der Waals surface area contributed by atoms with Crippen molar-refractivity contribution < 1.29 is 29.3 Å². The molecule has 38 heavy (non-hydrogen) atoms. The molecule has 1 saturated carbocycles. The fourth-order valence-corrected chi connectivity index (χ4v) is 7.48. The number of hydrogen-bond acceptors (Lipinski definition) is 7. The lowest BCUT2D eigenvalue weighted by atomic mass is 9.49. The first-order valence-corrected chi connectivity index (χ1v) is 13.8. The number of fused-ring (bicyclic) bond motifs is 1. The molecule has 1 spiro atoms. The molecule has 5 atom stereocenters. The number of nitrogens with zero attached hydrogens (tertiary/aromatic N) is 1. The van der Waals surface area contributed by atoms with Gasteiger partial charge in [0.05, 0.1) is 6.61 Å². The first-order valence-electron chi connectivity index (χ1n) is 13.8. The third-order valence-electron chi connectivity index (χ3n) is 9.33. The van der Waals surface area contributed by atoms with E-state index in [0.717, 1.165) is 43.6 Å². The van der Waals surface area contributed by atoms with Gasteiger partial charge >= 0.3 is 0 Å². The van der Waals surface area contributed by atoms with Crippen LogP contribution in [0, 0.1) is 17.8 Å². The van der Waals surface area contributed by atoms with E-state index in [1.807, 2.05) is 45.9 Å². The van der Waals surface area contributed by atoms with Gasteiger partial charge < -0.3 is 24.6 Å². The van der Waals surface area contributed by atoms with E-state index < -0.39 is 17.1 Å². The van der Waals surface area contributed by atoms with E-state index in [-0.39, 0.29) is 46.2 Å². The third-order valence-corrected chi connectivity index (χ3v) is 9.33. The predicted molar refractivity (Wildman–Crippen MR) is 143 cm³/mol. The van der Waals surface area contributed by atoms with Gasteiger partial charge in [-0.15, -0.1) is 0 Å². The molecular weight excluding hydrogens is 482 g/mol. The summed E-state index contributed by atoms with van der Waals surface area (Å²) >= 11 is 0. The Kier molecular flexibility index (Phi) is 5.89. The van der Waals surface area contributed by atoms with Gasteiger partial charge in [-0.3, -0.25) is 9.59 Å². The number of phenols is 2. The van der Waals surface area contributed by atoms with Crippen LogP contribution in [0.15, 0.2) is 41.0 Å². The zero-order valence-corrected chi connectivity index (χ0v) is 22.7. The highest BCUT2D eigenvalue weighted by atomic mass is 16.6. The van der Waals surface area contributed by atoms with Gasteiger partial charge in [-0.2, -0.15) is 0 Å². The number of benzene rings is 1. The molecule has 4 bridgehead atoms. The fraction of sp³-hybridized carbons (Fsp3) is 0.548. The van der Waals surface area contributed by atoms with Crippen LogP contribution < -0.4 is 4.74 Å². The molecule has 1 aromatic carbocycles. The molecular formula is C31H37NO6. The first-order chi connectivity index (χ1) is 18.1. The van der Waals surface area contributed by atoms with Crippen molar-refractivity contribution in [2.45, 2.75) is 64.6 Å². The third kappa shape index (κ3) is 3.34. The molecule has 202 valence electrons. The number of rotatable bonds is 6. The second kappa shape index (κ2) is 8.82. The number of phenolic OH excluding ortho intramolecular Hbond substituents is 2. The van der Waals surface area contributed by atoms with E-state index >= 15 is 0 Å². The lowest BCUT2D eigenvalue weighted by Gasteiger charge is -2.58. The van der Waals surface area contributed by atoms with Crippen molar-refractivity contribution in [1.82, 2.24) is 4.90 Å². The average Bonchev–Trinajstić information content (AvgIpc) is 3.46. The molecule has 0 aromatic heterocycles. The summed E-state index contributed by atoms with van der Waals surface area (Å²) in [6, 6.07) is 1.43. The number of Topliss-reactive ketones (excluding diaryl/α,β-unsaturated/α-hetero) is 2. The van der Waals surface area contributed by atoms with Crippen LogP contribution in [0.3, 0.4) is 0 Å². The second-order valence-corrected chi connectivity index (χ2v) is 12.1. The molecule has 3 fully saturated rings. The summed E-state index contributed by atoms with van der Waals surface area (Å²) < 4.78 is 13.3. The van der Waals surface area contributed by atoms with E-state index in [4.69, 9.17) is 9.47 Å². The van der Waals surface area contributed by atoms with Crippen LogP contribution in [0.4, 0.5) is 0 Å². The SMILES string of the molecule is CC(C)=CCc1c(O)cc2c(c1O)C(=O)C1=C[C@H]3C(=O)C4(CC=C(C)C)OC[C@H]([C@H]3CN3CCCC3)[C@]14O2. The summed E-state index contributed by atoms with van der Waals surface area (Å²) in [5.74, 6) is -1.30. The van der Waals surface area contributed by atoms with Crippen molar-refractivity contribution in [3.05, 3.63) is 52.1 Å². The van der Waals surface area contributed by atoms with E-state index in [0.29, 0.717) is 30.6 Å². The number of likely N-dealkylation sites (tertiary alicyclic amines) is 1. The molecule has 1 unspecified atom stereocenters. The van der Waals surface area contributed by atoms with Gasteiger partial charge in [-0.1, -0.05) is 29.4 Å². The Hall–Kier alpha value is -2.90. The summed E-state index contributed by atoms with van der Waals surface area (Å²) in [6.45, 7) is 10.9. The van der Waals surface area contributed by atoms with Crippen molar-refractivity contribution in [3.8, 4) is 17.2 Å². The average molecular weight is 520 g/mol. The minimum absolute atomic E-state index is 0.0263. The molecule has 1 aromatic rings. The molecule has 3 heterocycles. The number of aromatic hydroxyl groups is 2. The standard InChI is InChI=1S/C31H37NO6/c1-17(2)7-8-19-24(33)14-25-26(27(19)34)28(35)22-13-20-21(15-32-11-5-6-12-32)23-16-37-30(29(20)36,10-9-18(3)4)31(22,23)38-25/h7,9,13-14,20-21,23,33-34H,5-6,8,10-12,15-16H2,1-4H3/t20-,21+,23-,30?,31-/m1/s1. The zero-order chi connectivity index (χ0) is 27.0. The molecule has 3 aliphatic carbocycles. The highest BCUT2D eigenvalue weighted by Gasteiger charge is 2.79. The zero-order valence-electron chi connectivity index (χ0n) is 22.7. The maximum absolute atomic E-state index is 14.3. The van der Waals surface area contributed by atoms with E-state index in [9.17, 15) is 19.8 Å². The predicted octanol–water partition coefficient (Wildman–Crippen LogP) is 4.51. The number of hydrogen-bond donors (Lipinski definition) is 2. The minimum Gasteiger partial charge on any atom is -0.507 e. The normalized spacial score (nSPS) is 32.9. The van der Waals surface area contributed by atoms with Crippen LogP contribution in [-0.4, -0.2) is 64.1 Å². The van der Waals surface area contributed by atoms with Crippen LogP contribution in [0.25, 0.3) is 0 Å². The van der Waals surface area contributed by atoms with Crippen molar-refractivity contribution in [2.24, 2.45) is 17.8 Å². The maximum Gasteiger partial charge on any atom is 0.200 e. The lowest BCUT2D eigenvalue weighted by Crippen LogP contribution is -2.74. The first kappa shape index (κ1) is 25.4. The second-order valence-electron chi connectivity index (χ2n) is 12.1. The number of carbonyl (C=O) groups is 2. The molecule has 6 aliphatic rings. The number of allylic oxidation sites excluding steroid dienone is 4. The summed E-state index contributed by atoms with van der Waals surface area (Å²) in [4.78, 5) is 30.9. The Labute approximate surface area is 223 Å². The Bertz CT molecular complexity index is 1310. The molecule has 0 amide bonds. The number of ketones is 2. The van der Waals surface area contributed by atoms with E-state index in [1.54, 1.807) is 0 Å². The molecule has 2 saturated heterocycles. The van der Waals surface area contributed by atoms with Crippen molar-refractivity contribution in [2.75, 3.05) is 26.2 Å². The molecule has 7 rings (SSSR count). The molecule has 2 N–H and O–H groups in total. The highest BCUT2D eigenvalue weighted by Crippen LogP contribution is 2.65. The van der Waals surface area contributed by atoms with Gasteiger partial charge in [0.2, 0.25) is 0 Å². The topological polar surface area (TPSA) is 96.3 Å². The lowest BCUT2D eigenvalue weighted by molar-refractivity contribution is -0.171. The summed E-state index contributed by atoms with van der Waals surface area (Å²) in [5, 5.41) is 22.1. The van der Waals surface area contributed by atoms with Crippen molar-refractivity contribution in [1.29, 1.82) is 0 Å². The van der Waals surface area contributed by atoms with E-state index in [2.05, 4.69) is 4.90 Å². The van der Waals surface area contributed by atoms with Crippen LogP contribution in [-0.2, 0) is 16.0 Å². The fourth-order valence-electron chi connectivity index (χ4n) is 7.48. The Morgan fingerprint density at radius 2 is 1.82 bits per heavy atom. The van der Waals surface area contributed by atoms with Gasteiger partial charge in [0, 0.05) is 42.0 Å². The largest absolute Gasteiger partial charge is 0.507 e. The molecule has 7 nitrogen and oxygen atoms in total. The number of carbonyl (C=O) groups excluding carboxylic acids is 2. The van der Waals surface area contributed by atoms with Gasteiger partial charge in [-0.05, 0) is 66.0 Å². The Morgan fingerprint density at radius 1 is 1.11 bits per heavy atom. The number of ether oxygens (including phenoxy) is 2. The van der Waals surface area contributed by atoms with Gasteiger partial charge in [0.15, 0.2) is 22.8 Å². The monoisotopic (exact) mass is 519 g/mol. The summed E-state index contributed by atoms with van der Waals surface area (Å²) in [7, 11) is 0. The molecule has 3 aliphatic heterocycles. The quantitative estimate of drug-likeness (QED) is 0.534. The van der Waals surface area contributed by atoms with Crippen LogP contribution in [0.1, 0.15) is 62.9 Å². The van der Waals surface area contributed by atoms with E-state index in [1.165, 1.54) is 6.07 Å². The van der Waals surface area contributed by atoms with Crippen molar-refractivity contribution >= 4 is 11.6 Å². The summed E-state index contributed by atoms with van der Waals surface area (Å²) in [6.07, 6.45) is 8.61.